The number of fused-ring (bicyclic) bond motifs is 5. The molecule has 8 heteroatoms. The quantitative estimate of drug-likeness (QED) is 0.438. The first-order valence-electron chi connectivity index (χ1n) is 14.6. The number of piperidine rings is 1. The van der Waals surface area contributed by atoms with Crippen LogP contribution in [0.3, 0.4) is 0 Å². The van der Waals surface area contributed by atoms with Crippen molar-refractivity contribution in [2.24, 2.45) is 40.2 Å². The van der Waals surface area contributed by atoms with Crippen LogP contribution in [0.15, 0.2) is 0 Å². The smallest absolute Gasteiger partial charge is 0.302 e. The predicted molar refractivity (Wildman–Crippen MR) is 139 cm³/mol. The van der Waals surface area contributed by atoms with E-state index < -0.39 is 0 Å². The van der Waals surface area contributed by atoms with Crippen molar-refractivity contribution in [3.63, 3.8) is 0 Å². The fourth-order valence-electron chi connectivity index (χ4n) is 9.77. The normalized spacial score (nSPS) is 45.6. The molecule has 5 aliphatic rings. The van der Waals surface area contributed by atoms with Gasteiger partial charge < -0.3 is 15.2 Å². The van der Waals surface area contributed by atoms with Crippen LogP contribution in [0.2, 0.25) is 0 Å². The van der Waals surface area contributed by atoms with E-state index in [2.05, 4.69) is 18.9 Å². The van der Waals surface area contributed by atoms with Crippen LogP contribution in [0, 0.1) is 34.5 Å². The number of nitrogens with two attached hydrogens (primary N) is 1. The van der Waals surface area contributed by atoms with E-state index in [9.17, 15) is 14.4 Å². The summed E-state index contributed by atoms with van der Waals surface area (Å²) >= 11 is 0. The number of hydrogen-bond acceptors (Lipinski definition) is 7. The minimum Gasteiger partial charge on any atom is -0.465 e. The first-order valence-corrected chi connectivity index (χ1v) is 14.6. The summed E-state index contributed by atoms with van der Waals surface area (Å²) in [6.07, 6.45) is 10.8. The summed E-state index contributed by atoms with van der Waals surface area (Å²) in [5.74, 6) is 1.40. The molecule has 5 rings (SSSR count). The SMILES string of the molecule is CC(=O)OC1CCCN(N(C)C(=O)C2CCC3(N)[C@@H]4CCC5CC(OC=O)CC[C@]5(C)[C@H]4CC[C@]23C)C1. The average molecular weight is 518 g/mol. The molecular formula is C29H47N3O5. The van der Waals surface area contributed by atoms with E-state index in [0.717, 1.165) is 77.2 Å². The standard InChI is InChI=1S/C29H47N3O5/c1-19(34)37-22-6-5-15-32(17-22)31(4)26(35)25-11-14-29(30)24-8-7-20-16-21(36-18-33)9-12-27(20,2)23(24)10-13-28(25,29)3/h18,20-25H,5-17,30H2,1-4H3/t20?,21?,22?,23-,24+,25?,27-,28+,29?/m0/s1. The first-order chi connectivity index (χ1) is 17.5. The number of amides is 1. The summed E-state index contributed by atoms with van der Waals surface area (Å²) in [5, 5.41) is 3.88. The molecular weight excluding hydrogens is 470 g/mol. The Morgan fingerprint density at radius 3 is 2.51 bits per heavy atom. The summed E-state index contributed by atoms with van der Waals surface area (Å²) in [5.41, 5.74) is 7.17. The van der Waals surface area contributed by atoms with Crippen molar-refractivity contribution in [2.75, 3.05) is 20.1 Å². The summed E-state index contributed by atoms with van der Waals surface area (Å²) in [7, 11) is 1.88. The third-order valence-corrected chi connectivity index (χ3v) is 11.9. The second-order valence-corrected chi connectivity index (χ2v) is 13.4. The van der Waals surface area contributed by atoms with Crippen molar-refractivity contribution in [1.82, 2.24) is 10.0 Å². The molecule has 37 heavy (non-hydrogen) atoms. The Balaban J connectivity index is 1.31. The van der Waals surface area contributed by atoms with Crippen molar-refractivity contribution in [3.05, 3.63) is 0 Å². The number of ether oxygens (including phenoxy) is 2. The van der Waals surface area contributed by atoms with E-state index >= 15 is 0 Å². The van der Waals surface area contributed by atoms with Gasteiger partial charge in [-0.15, -0.1) is 0 Å². The summed E-state index contributed by atoms with van der Waals surface area (Å²) in [6.45, 7) is 8.21. The Morgan fingerprint density at radius 2 is 1.78 bits per heavy atom. The van der Waals surface area contributed by atoms with Gasteiger partial charge >= 0.3 is 5.97 Å². The molecule has 208 valence electrons. The van der Waals surface area contributed by atoms with Crippen molar-refractivity contribution in [3.8, 4) is 0 Å². The van der Waals surface area contributed by atoms with Gasteiger partial charge in [0.2, 0.25) is 5.91 Å². The zero-order chi connectivity index (χ0) is 26.6. The highest BCUT2D eigenvalue weighted by atomic mass is 16.5. The van der Waals surface area contributed by atoms with Gasteiger partial charge in [0.25, 0.3) is 6.47 Å². The molecule has 4 saturated carbocycles. The van der Waals surface area contributed by atoms with Gasteiger partial charge in [-0.25, -0.2) is 5.01 Å². The van der Waals surface area contributed by atoms with Crippen LogP contribution in [-0.4, -0.2) is 66.3 Å². The molecule has 4 aliphatic carbocycles. The van der Waals surface area contributed by atoms with E-state index in [4.69, 9.17) is 15.2 Å². The Bertz CT molecular complexity index is 914. The maximum Gasteiger partial charge on any atom is 0.302 e. The molecule has 1 saturated heterocycles. The molecule has 0 spiro atoms. The van der Waals surface area contributed by atoms with Gasteiger partial charge in [-0.2, -0.15) is 0 Å². The molecule has 9 atom stereocenters. The van der Waals surface area contributed by atoms with Crippen LogP contribution in [0.25, 0.3) is 0 Å². The maximum absolute atomic E-state index is 14.0. The fourth-order valence-corrected chi connectivity index (χ4v) is 9.77. The van der Waals surface area contributed by atoms with Gasteiger partial charge in [0.1, 0.15) is 12.2 Å². The minimum absolute atomic E-state index is 0.0621. The van der Waals surface area contributed by atoms with Crippen molar-refractivity contribution in [1.29, 1.82) is 0 Å². The number of carbonyl (C=O) groups is 3. The number of hydrogen-bond donors (Lipinski definition) is 1. The van der Waals surface area contributed by atoms with Crippen molar-refractivity contribution < 1.29 is 23.9 Å². The maximum atomic E-state index is 14.0. The average Bonchev–Trinajstić information content (AvgIpc) is 3.14. The number of esters is 1. The van der Waals surface area contributed by atoms with Crippen LogP contribution < -0.4 is 5.73 Å². The molecule has 0 aromatic rings. The first kappa shape index (κ1) is 26.9. The molecule has 5 unspecified atom stereocenters. The van der Waals surface area contributed by atoms with Crippen molar-refractivity contribution >= 4 is 18.3 Å². The molecule has 1 amide bonds. The van der Waals surface area contributed by atoms with Gasteiger partial charge in [-0.3, -0.25) is 19.4 Å². The van der Waals surface area contributed by atoms with E-state index in [0.29, 0.717) is 30.8 Å². The Kier molecular flexibility index (Phi) is 7.14. The second-order valence-electron chi connectivity index (χ2n) is 13.4. The van der Waals surface area contributed by atoms with Gasteiger partial charge in [-0.05, 0) is 99.2 Å². The fraction of sp³-hybridized carbons (Fsp3) is 0.897. The molecule has 0 aromatic carbocycles. The zero-order valence-corrected chi connectivity index (χ0v) is 23.2. The Morgan fingerprint density at radius 1 is 1.00 bits per heavy atom. The molecule has 0 aromatic heterocycles. The summed E-state index contributed by atoms with van der Waals surface area (Å²) in [4.78, 5) is 36.4. The Hall–Kier alpha value is -1.67. The predicted octanol–water partition coefficient (Wildman–Crippen LogP) is 3.67. The summed E-state index contributed by atoms with van der Waals surface area (Å²) < 4.78 is 10.8. The molecule has 1 heterocycles. The third kappa shape index (κ3) is 4.30. The van der Waals surface area contributed by atoms with Crippen LogP contribution in [-0.2, 0) is 23.9 Å². The van der Waals surface area contributed by atoms with Gasteiger partial charge in [0.15, 0.2) is 0 Å². The molecule has 0 bridgehead atoms. The molecule has 0 radical (unpaired) electrons. The van der Waals surface area contributed by atoms with E-state index in [1.165, 1.54) is 6.92 Å². The lowest BCUT2D eigenvalue weighted by molar-refractivity contribution is -0.172. The van der Waals surface area contributed by atoms with E-state index in [1.54, 1.807) is 0 Å². The topological polar surface area (TPSA) is 102 Å². The van der Waals surface area contributed by atoms with Gasteiger partial charge in [0.05, 0.1) is 6.54 Å². The largest absolute Gasteiger partial charge is 0.465 e. The van der Waals surface area contributed by atoms with Crippen LogP contribution in [0.5, 0.6) is 0 Å². The Labute approximate surface area is 221 Å². The number of hydrazine groups is 1. The van der Waals surface area contributed by atoms with Gasteiger partial charge in [-0.1, -0.05) is 13.8 Å². The number of rotatable bonds is 5. The van der Waals surface area contributed by atoms with Crippen LogP contribution in [0.1, 0.15) is 91.4 Å². The molecule has 1 aliphatic heterocycles. The lowest BCUT2D eigenvalue weighted by Gasteiger charge is -2.64. The molecule has 8 nitrogen and oxygen atoms in total. The number of nitrogens with zero attached hydrogens (tertiary/aromatic N) is 2. The highest BCUT2D eigenvalue weighted by Crippen LogP contribution is 2.68. The number of carbonyl (C=O) groups excluding carboxylic acids is 3. The van der Waals surface area contributed by atoms with E-state index in [1.807, 2.05) is 12.1 Å². The van der Waals surface area contributed by atoms with Gasteiger partial charge in [0, 0.05) is 32.0 Å². The molecule has 2 N–H and O–H groups in total. The molecule has 5 fully saturated rings. The lowest BCUT2D eigenvalue weighted by Crippen LogP contribution is -2.67. The second kappa shape index (κ2) is 9.82. The minimum atomic E-state index is -0.330. The van der Waals surface area contributed by atoms with Crippen LogP contribution in [0.4, 0.5) is 0 Å². The van der Waals surface area contributed by atoms with Crippen LogP contribution >= 0.6 is 0 Å². The lowest BCUT2D eigenvalue weighted by atomic mass is 9.42. The summed E-state index contributed by atoms with van der Waals surface area (Å²) in [6, 6.07) is 0. The monoisotopic (exact) mass is 517 g/mol. The zero-order valence-electron chi connectivity index (χ0n) is 23.2. The third-order valence-electron chi connectivity index (χ3n) is 11.9. The highest BCUT2D eigenvalue weighted by molar-refractivity contribution is 5.80. The van der Waals surface area contributed by atoms with E-state index in [-0.39, 0.29) is 46.4 Å². The highest BCUT2D eigenvalue weighted by Gasteiger charge is 2.67. The van der Waals surface area contributed by atoms with Crippen molar-refractivity contribution in [2.45, 2.75) is 109 Å².